The summed E-state index contributed by atoms with van der Waals surface area (Å²) in [5, 5.41) is 28.9. The monoisotopic (exact) mass is 442 g/mol. The lowest BCUT2D eigenvalue weighted by Gasteiger charge is -2.34. The fourth-order valence-corrected chi connectivity index (χ4v) is 4.35. The zero-order chi connectivity index (χ0) is 23.9. The first-order valence-corrected chi connectivity index (χ1v) is 11.9. The largest absolute Gasteiger partial charge is 0.491 e. The molecule has 4 heteroatoms. The first-order valence-electron chi connectivity index (χ1n) is 11.9. The van der Waals surface area contributed by atoms with E-state index in [2.05, 4.69) is 71.9 Å². The lowest BCUT2D eigenvalue weighted by Crippen LogP contribution is -2.27. The number of hydrogen-bond acceptors (Lipinski definition) is 4. The van der Waals surface area contributed by atoms with Gasteiger partial charge in [-0.3, -0.25) is 0 Å². The van der Waals surface area contributed by atoms with Gasteiger partial charge in [-0.25, -0.2) is 0 Å². The highest BCUT2D eigenvalue weighted by Crippen LogP contribution is 2.40. The van der Waals surface area contributed by atoms with Crippen LogP contribution in [0.3, 0.4) is 0 Å². The summed E-state index contributed by atoms with van der Waals surface area (Å²) in [4.78, 5) is 0. The van der Waals surface area contributed by atoms with Crippen LogP contribution in [0.1, 0.15) is 76.1 Å². The minimum Gasteiger partial charge on any atom is -0.491 e. The molecule has 0 amide bonds. The molecule has 4 nitrogen and oxygen atoms in total. The number of aliphatic hydroxyl groups is 3. The van der Waals surface area contributed by atoms with Crippen LogP contribution in [0.25, 0.3) is 0 Å². The Morgan fingerprint density at radius 3 is 2.00 bits per heavy atom. The van der Waals surface area contributed by atoms with Gasteiger partial charge in [-0.05, 0) is 72.4 Å². The third kappa shape index (κ3) is 6.34. The number of ether oxygens (including phenoxy) is 1. The maximum atomic E-state index is 10.4. The van der Waals surface area contributed by atoms with E-state index in [0.717, 1.165) is 25.7 Å². The van der Waals surface area contributed by atoms with Gasteiger partial charge in [0.2, 0.25) is 0 Å². The molecular weight excluding hydrogens is 400 g/mol. The van der Waals surface area contributed by atoms with Crippen molar-refractivity contribution in [2.45, 2.75) is 84.8 Å². The molecule has 2 aromatic carbocycles. The van der Waals surface area contributed by atoms with Crippen molar-refractivity contribution in [1.29, 1.82) is 0 Å². The first kappa shape index (κ1) is 26.4. The lowest BCUT2D eigenvalue weighted by molar-refractivity contribution is 0.0536. The van der Waals surface area contributed by atoms with Crippen LogP contribution >= 0.6 is 0 Å². The number of rotatable bonds is 11. The van der Waals surface area contributed by atoms with Crippen LogP contribution in [-0.2, 0) is 11.8 Å². The summed E-state index contributed by atoms with van der Waals surface area (Å²) in [6, 6.07) is 14.9. The third-order valence-corrected chi connectivity index (χ3v) is 6.85. The van der Waals surface area contributed by atoms with Crippen molar-refractivity contribution in [1.82, 2.24) is 0 Å². The van der Waals surface area contributed by atoms with Crippen LogP contribution in [0.2, 0.25) is 0 Å². The molecule has 178 valence electrons. The Balaban J connectivity index is 2.24. The molecule has 0 heterocycles. The van der Waals surface area contributed by atoms with E-state index >= 15 is 0 Å². The van der Waals surface area contributed by atoms with Gasteiger partial charge in [0.15, 0.2) is 0 Å². The molecular formula is C28H42O4. The summed E-state index contributed by atoms with van der Waals surface area (Å²) in [5.41, 5.74) is 4.94. The Labute approximate surface area is 194 Å². The molecule has 0 bridgehead atoms. The Kier molecular flexibility index (Phi) is 9.32. The summed E-state index contributed by atoms with van der Waals surface area (Å²) in [5.74, 6) is 0.686. The summed E-state index contributed by atoms with van der Waals surface area (Å²) >= 11 is 0. The molecule has 0 saturated heterocycles. The van der Waals surface area contributed by atoms with Crippen molar-refractivity contribution in [2.75, 3.05) is 13.2 Å². The van der Waals surface area contributed by atoms with Gasteiger partial charge >= 0.3 is 0 Å². The molecule has 0 radical (unpaired) electrons. The molecule has 0 aliphatic rings. The number of aryl methyl sites for hydroxylation is 2. The number of benzene rings is 2. The minimum absolute atomic E-state index is 0.0765. The Hall–Kier alpha value is -1.88. The van der Waals surface area contributed by atoms with Crippen molar-refractivity contribution >= 4 is 0 Å². The van der Waals surface area contributed by atoms with E-state index in [1.54, 1.807) is 0 Å². The van der Waals surface area contributed by atoms with E-state index in [0.29, 0.717) is 5.75 Å². The molecule has 0 aliphatic heterocycles. The lowest BCUT2D eigenvalue weighted by atomic mass is 9.70. The van der Waals surface area contributed by atoms with Gasteiger partial charge in [-0.2, -0.15) is 0 Å². The second-order valence-corrected chi connectivity index (χ2v) is 10.0. The standard InChI is InChI=1S/C28H42O4/c1-7-28(8-2,22-12-14-25(15-13-22)32-19-24(30)18-29)23-11-9-21(20(3)17-23)10-16-26(31)27(4,5)6/h9,11-15,17,24,26,29-31H,7-8,10,16,18-19H2,1-6H3/t24-,26?/m0/s1. The summed E-state index contributed by atoms with van der Waals surface area (Å²) in [6.45, 7) is 12.6. The normalized spacial score (nSPS) is 14.3. The van der Waals surface area contributed by atoms with Gasteiger partial charge in [0.1, 0.15) is 18.5 Å². The molecule has 2 aromatic rings. The fourth-order valence-electron chi connectivity index (χ4n) is 4.35. The molecule has 0 saturated carbocycles. The second-order valence-electron chi connectivity index (χ2n) is 10.0. The minimum atomic E-state index is -0.869. The Morgan fingerprint density at radius 2 is 1.50 bits per heavy atom. The highest BCUT2D eigenvalue weighted by atomic mass is 16.5. The number of aliphatic hydroxyl groups excluding tert-OH is 3. The topological polar surface area (TPSA) is 69.9 Å². The van der Waals surface area contributed by atoms with Gasteiger partial charge in [0.05, 0.1) is 12.7 Å². The van der Waals surface area contributed by atoms with Crippen LogP contribution in [0.5, 0.6) is 5.75 Å². The van der Waals surface area contributed by atoms with E-state index in [1.807, 2.05) is 12.1 Å². The van der Waals surface area contributed by atoms with Gasteiger partial charge in [-0.1, -0.05) is 65.0 Å². The van der Waals surface area contributed by atoms with E-state index < -0.39 is 6.10 Å². The molecule has 1 unspecified atom stereocenters. The predicted molar refractivity (Wildman–Crippen MR) is 131 cm³/mol. The maximum absolute atomic E-state index is 10.4. The predicted octanol–water partition coefficient (Wildman–Crippen LogP) is 5.17. The molecule has 3 N–H and O–H groups in total. The molecule has 0 aromatic heterocycles. The molecule has 0 fully saturated rings. The number of hydrogen-bond donors (Lipinski definition) is 3. The van der Waals surface area contributed by atoms with Gasteiger partial charge in [-0.15, -0.1) is 0 Å². The first-order chi connectivity index (χ1) is 15.1. The van der Waals surface area contributed by atoms with Crippen LogP contribution in [-0.4, -0.2) is 40.7 Å². The third-order valence-electron chi connectivity index (χ3n) is 6.85. The highest BCUT2D eigenvalue weighted by molar-refractivity contribution is 5.44. The smallest absolute Gasteiger partial charge is 0.119 e. The van der Waals surface area contributed by atoms with Crippen molar-refractivity contribution < 1.29 is 20.1 Å². The van der Waals surface area contributed by atoms with Crippen LogP contribution < -0.4 is 4.74 Å². The maximum Gasteiger partial charge on any atom is 0.119 e. The molecule has 0 spiro atoms. The molecule has 2 rings (SSSR count). The van der Waals surface area contributed by atoms with Crippen LogP contribution in [0.15, 0.2) is 42.5 Å². The molecule has 0 aliphatic carbocycles. The average Bonchev–Trinajstić information content (AvgIpc) is 2.78. The summed E-state index contributed by atoms with van der Waals surface area (Å²) in [7, 11) is 0. The van der Waals surface area contributed by atoms with Crippen LogP contribution in [0.4, 0.5) is 0 Å². The van der Waals surface area contributed by atoms with Crippen molar-refractivity contribution in [3.05, 3.63) is 64.7 Å². The van der Waals surface area contributed by atoms with Crippen LogP contribution in [0, 0.1) is 12.3 Å². The highest BCUT2D eigenvalue weighted by Gasteiger charge is 2.31. The van der Waals surface area contributed by atoms with Crippen molar-refractivity contribution in [3.8, 4) is 5.75 Å². The zero-order valence-electron chi connectivity index (χ0n) is 20.7. The zero-order valence-corrected chi connectivity index (χ0v) is 20.7. The molecule has 32 heavy (non-hydrogen) atoms. The Morgan fingerprint density at radius 1 is 0.906 bits per heavy atom. The fraction of sp³-hybridized carbons (Fsp3) is 0.571. The summed E-state index contributed by atoms with van der Waals surface area (Å²) in [6.07, 6.45) is 2.42. The van der Waals surface area contributed by atoms with E-state index in [1.165, 1.54) is 22.3 Å². The van der Waals surface area contributed by atoms with E-state index in [-0.39, 0.29) is 30.1 Å². The Bertz CT molecular complexity index is 832. The van der Waals surface area contributed by atoms with Crippen molar-refractivity contribution in [3.63, 3.8) is 0 Å². The van der Waals surface area contributed by atoms with Crippen molar-refractivity contribution in [2.24, 2.45) is 5.41 Å². The van der Waals surface area contributed by atoms with Gasteiger partial charge in [0, 0.05) is 5.41 Å². The SMILES string of the molecule is CCC(CC)(c1ccc(OC[C@@H](O)CO)cc1)c1ccc(CCC(O)C(C)(C)C)c(C)c1. The van der Waals surface area contributed by atoms with Gasteiger partial charge in [0.25, 0.3) is 0 Å². The molecule has 2 atom stereocenters. The van der Waals surface area contributed by atoms with Gasteiger partial charge < -0.3 is 20.1 Å². The second kappa shape index (κ2) is 11.3. The van der Waals surface area contributed by atoms with E-state index in [4.69, 9.17) is 9.84 Å². The summed E-state index contributed by atoms with van der Waals surface area (Å²) < 4.78 is 5.57. The quantitative estimate of drug-likeness (QED) is 0.449. The van der Waals surface area contributed by atoms with E-state index in [9.17, 15) is 10.2 Å². The average molecular weight is 443 g/mol.